The molecule has 0 radical (unpaired) electrons. The summed E-state index contributed by atoms with van der Waals surface area (Å²) in [7, 11) is -8.19. The minimum absolute atomic E-state index is 0. The van der Waals surface area contributed by atoms with E-state index in [1.54, 1.807) is 0 Å². The van der Waals surface area contributed by atoms with E-state index in [0.717, 1.165) is 0 Å². The van der Waals surface area contributed by atoms with Crippen molar-refractivity contribution >= 4 is 100 Å². The molecule has 0 aromatic heterocycles. The van der Waals surface area contributed by atoms with E-state index in [1.807, 2.05) is 0 Å². The van der Waals surface area contributed by atoms with Crippen molar-refractivity contribution in [1.29, 1.82) is 0 Å². The zero-order valence-electron chi connectivity index (χ0n) is 4.22. The smallest absolute Gasteiger partial charge is 0 e. The first kappa shape index (κ1) is 23.9. The molecule has 0 rings (SSSR count). The molecule has 0 aliphatic rings. The first-order valence-corrected chi connectivity index (χ1v) is 4.27. The number of hydrogen-bond donors (Lipinski definition) is 3. The van der Waals surface area contributed by atoms with Crippen LogP contribution in [0.2, 0.25) is 0 Å². The van der Waals surface area contributed by atoms with E-state index in [9.17, 15) is 9.13 Å². The first-order valence-electron chi connectivity index (χ1n) is 1.42. The summed E-state index contributed by atoms with van der Waals surface area (Å²) in [5, 5.41) is 0. The molecule has 6 nitrogen and oxygen atoms in total. The van der Waals surface area contributed by atoms with Crippen molar-refractivity contribution in [3.63, 3.8) is 0 Å². The third kappa shape index (κ3) is 24.7. The molecule has 11 heteroatoms. The van der Waals surface area contributed by atoms with Gasteiger partial charge < -0.3 is 14.4 Å². The SMILES string of the molecule is O=P(=O)O[Si](O)(O)O.[CaH2].[SrH2].[Zn]. The van der Waals surface area contributed by atoms with Crippen LogP contribution in [0, 0.1) is 0 Å². The zero-order chi connectivity index (χ0) is 6.78. The minimum Gasteiger partial charge on any atom is 0 e. The molecule has 11 heavy (non-hydrogen) atoms. The van der Waals surface area contributed by atoms with Crippen LogP contribution in [0.25, 0.3) is 0 Å². The molecule has 0 atom stereocenters. The maximum atomic E-state index is 9.38. The number of hydrogen-bond acceptors (Lipinski definition) is 6. The van der Waals surface area contributed by atoms with Gasteiger partial charge >= 0.3 is 100 Å². The van der Waals surface area contributed by atoms with Crippen molar-refractivity contribution in [3.05, 3.63) is 0 Å². The predicted molar refractivity (Wildman–Crippen MR) is 38.9 cm³/mol. The average Bonchev–Trinajstić information content (AvgIpc) is 1.21. The normalized spacial score (nSPS) is 8.27. The molecule has 0 spiro atoms. The van der Waals surface area contributed by atoms with Gasteiger partial charge in [0.05, 0.1) is 0 Å². The summed E-state index contributed by atoms with van der Waals surface area (Å²) in [5.41, 5.74) is 0. The van der Waals surface area contributed by atoms with E-state index in [1.165, 1.54) is 0 Å². The summed E-state index contributed by atoms with van der Waals surface area (Å²) in [4.78, 5) is 23.5. The van der Waals surface area contributed by atoms with Gasteiger partial charge in [-0.2, -0.15) is 0 Å². The van der Waals surface area contributed by atoms with Crippen LogP contribution in [0.3, 0.4) is 0 Å². The molecular formula is H7CaO6PSiSrZn. The molecule has 0 aromatic rings. The van der Waals surface area contributed by atoms with Gasteiger partial charge in [-0.1, -0.05) is 0 Å². The van der Waals surface area contributed by atoms with Crippen molar-refractivity contribution in [2.45, 2.75) is 0 Å². The molecule has 0 aromatic carbocycles. The molecule has 0 amide bonds. The first-order chi connectivity index (χ1) is 3.42. The Kier molecular flexibility index (Phi) is 24.7. The summed E-state index contributed by atoms with van der Waals surface area (Å²) in [6, 6.07) is 0. The van der Waals surface area contributed by atoms with Crippen molar-refractivity contribution in [3.8, 4) is 0 Å². The van der Waals surface area contributed by atoms with Crippen LogP contribution in [0.4, 0.5) is 0 Å². The van der Waals surface area contributed by atoms with Crippen molar-refractivity contribution in [2.24, 2.45) is 0 Å². The van der Waals surface area contributed by atoms with Gasteiger partial charge in [-0.05, 0) is 0 Å². The van der Waals surface area contributed by atoms with E-state index < -0.39 is 17.0 Å². The van der Waals surface area contributed by atoms with E-state index >= 15 is 0 Å². The minimum atomic E-state index is -4.82. The van der Waals surface area contributed by atoms with Crippen molar-refractivity contribution < 1.29 is 47.2 Å². The van der Waals surface area contributed by atoms with Crippen molar-refractivity contribution in [2.75, 3.05) is 0 Å². The molecule has 58 valence electrons. The third-order valence-corrected chi connectivity index (χ3v) is 1.77. The van der Waals surface area contributed by atoms with E-state index in [2.05, 4.69) is 4.21 Å². The quantitative estimate of drug-likeness (QED) is 0.354. The second-order valence-corrected chi connectivity index (χ2v) is 3.21. The Balaban J connectivity index is -0.0000000817. The molecule has 0 heterocycles. The van der Waals surface area contributed by atoms with E-state index in [4.69, 9.17) is 14.4 Å². The second kappa shape index (κ2) is 11.4. The van der Waals surface area contributed by atoms with Gasteiger partial charge in [-0.15, -0.1) is 0 Å². The topological polar surface area (TPSA) is 104 Å². The van der Waals surface area contributed by atoms with Crippen LogP contribution in [-0.2, 0) is 32.8 Å². The molecule has 0 saturated carbocycles. The molecule has 0 unspecified atom stereocenters. The zero-order valence-corrected chi connectivity index (χ0v) is 9.08. The van der Waals surface area contributed by atoms with Gasteiger partial charge in [-0.3, -0.25) is 0 Å². The summed E-state index contributed by atoms with van der Waals surface area (Å²) in [6.45, 7) is 0. The largest absolute Gasteiger partial charge is 0 e. The molecule has 3 N–H and O–H groups in total. The summed E-state index contributed by atoms with van der Waals surface area (Å²) < 4.78 is 22.0. The summed E-state index contributed by atoms with van der Waals surface area (Å²) >= 11 is 0. The van der Waals surface area contributed by atoms with Crippen LogP contribution in [0.15, 0.2) is 0 Å². The van der Waals surface area contributed by atoms with Gasteiger partial charge in [0.25, 0.3) is 0 Å². The molecule has 0 saturated heterocycles. The van der Waals surface area contributed by atoms with Gasteiger partial charge in [-0.25, -0.2) is 13.3 Å². The monoisotopic (exact) mass is 354 g/mol. The molecule has 0 aliphatic carbocycles. The fourth-order valence-electron chi connectivity index (χ4n) is 0.100. The Morgan fingerprint density at radius 2 is 1.45 bits per heavy atom. The number of rotatable bonds is 2. The summed E-state index contributed by atoms with van der Waals surface area (Å²) in [6.07, 6.45) is 0. The van der Waals surface area contributed by atoms with Crippen molar-refractivity contribution in [1.82, 2.24) is 0 Å². The van der Waals surface area contributed by atoms with Crippen LogP contribution in [0.5, 0.6) is 0 Å². The fourth-order valence-corrected chi connectivity index (χ4v) is 0.900. The Bertz CT molecular complexity index is 134. The maximum Gasteiger partial charge on any atom is 0 e. The van der Waals surface area contributed by atoms with Gasteiger partial charge in [0.2, 0.25) is 0 Å². The van der Waals surface area contributed by atoms with Gasteiger partial charge in [0.1, 0.15) is 0 Å². The molecular weight excluding hydrogens is 348 g/mol. The Morgan fingerprint density at radius 3 is 1.45 bits per heavy atom. The molecule has 0 fully saturated rings. The van der Waals surface area contributed by atoms with Gasteiger partial charge in [0, 0.05) is 19.5 Å². The van der Waals surface area contributed by atoms with Gasteiger partial charge in [0.15, 0.2) is 0 Å². The fraction of sp³-hybridized carbons (Fsp3) is 0. The van der Waals surface area contributed by atoms with Crippen LogP contribution >= 0.6 is 7.91 Å². The molecule has 0 aliphatic heterocycles. The summed E-state index contributed by atoms with van der Waals surface area (Å²) in [5.74, 6) is 0. The van der Waals surface area contributed by atoms with Crippen LogP contribution < -0.4 is 0 Å². The Labute approximate surface area is 144 Å². The van der Waals surface area contributed by atoms with E-state index in [-0.39, 0.29) is 103 Å². The second-order valence-electron chi connectivity index (χ2n) is 0.889. The van der Waals surface area contributed by atoms with Crippen LogP contribution in [0.1, 0.15) is 0 Å². The van der Waals surface area contributed by atoms with E-state index in [0.29, 0.717) is 0 Å². The molecule has 0 bridgehead atoms. The standard InChI is InChI=1S/Ca.H3O6PSi.Sr.Zn.4H/c;1-7(2)6-8(3,4)5;;;;;;/h;3-5H;;;;;;. The Hall–Kier alpha value is 3.32. The predicted octanol–water partition coefficient (Wildman–Crippen LogP) is -3.33. The maximum absolute atomic E-state index is 9.38. The Morgan fingerprint density at radius 1 is 1.18 bits per heavy atom. The average molecular weight is 355 g/mol. The van der Waals surface area contributed by atoms with Crippen LogP contribution in [-0.4, -0.2) is 107 Å². The third-order valence-electron chi connectivity index (χ3n) is 0.197.